The number of ether oxygens (including phenoxy) is 1. The van der Waals surface area contributed by atoms with Crippen molar-refractivity contribution < 1.29 is 14.6 Å². The highest BCUT2D eigenvalue weighted by Crippen LogP contribution is 2.29. The van der Waals surface area contributed by atoms with Crippen LogP contribution in [-0.4, -0.2) is 17.1 Å². The van der Waals surface area contributed by atoms with E-state index in [-0.39, 0.29) is 0 Å². The molecule has 4 nitrogen and oxygen atoms in total. The number of benzene rings is 1. The molecule has 5 heteroatoms. The molecule has 0 aliphatic heterocycles. The minimum atomic E-state index is -0.728. The van der Waals surface area contributed by atoms with Crippen molar-refractivity contribution in [3.63, 3.8) is 0 Å². The van der Waals surface area contributed by atoms with E-state index in [1.54, 1.807) is 32.0 Å². The van der Waals surface area contributed by atoms with Crippen molar-refractivity contribution >= 4 is 17.5 Å². The van der Waals surface area contributed by atoms with Crippen LogP contribution in [0.15, 0.2) is 18.2 Å². The topological polar surface area (TPSA) is 72.6 Å². The standard InChI is InChI=1S/C12H16ClNO3/c1-3-10(12(14)16)17-11-5-4-8(13)6-9(11)7(2)15/h4-7,10,15H,3H2,1-2H3,(H2,14,16)/t7-,10?/m0/s1. The summed E-state index contributed by atoms with van der Waals surface area (Å²) < 4.78 is 5.48. The molecule has 1 aromatic carbocycles. The van der Waals surface area contributed by atoms with Crippen LogP contribution in [0.1, 0.15) is 31.9 Å². The minimum absolute atomic E-state index is 0.426. The lowest BCUT2D eigenvalue weighted by molar-refractivity contribution is -0.124. The van der Waals surface area contributed by atoms with Crippen LogP contribution >= 0.6 is 11.6 Å². The summed E-state index contributed by atoms with van der Waals surface area (Å²) in [7, 11) is 0. The third-order valence-corrected chi connectivity index (χ3v) is 2.61. The molecule has 0 saturated heterocycles. The number of primary amides is 1. The lowest BCUT2D eigenvalue weighted by Crippen LogP contribution is -2.33. The molecular formula is C12H16ClNO3. The fraction of sp³-hybridized carbons (Fsp3) is 0.417. The third-order valence-electron chi connectivity index (χ3n) is 2.38. The van der Waals surface area contributed by atoms with Gasteiger partial charge >= 0.3 is 0 Å². The molecule has 0 saturated carbocycles. The van der Waals surface area contributed by atoms with Crippen LogP contribution in [0.2, 0.25) is 5.02 Å². The number of aliphatic hydroxyl groups excluding tert-OH is 1. The molecule has 0 aliphatic rings. The third kappa shape index (κ3) is 3.61. The maximum atomic E-state index is 11.1. The Hall–Kier alpha value is -1.26. The van der Waals surface area contributed by atoms with Gasteiger partial charge in [0.05, 0.1) is 6.10 Å². The zero-order valence-electron chi connectivity index (χ0n) is 9.81. The second-order valence-electron chi connectivity index (χ2n) is 3.78. The van der Waals surface area contributed by atoms with E-state index in [1.165, 1.54) is 0 Å². The number of carbonyl (C=O) groups is 1. The fourth-order valence-electron chi connectivity index (χ4n) is 1.45. The molecule has 1 rings (SSSR count). The molecule has 2 atom stereocenters. The van der Waals surface area contributed by atoms with Gasteiger partial charge in [0.25, 0.3) is 5.91 Å². The van der Waals surface area contributed by atoms with E-state index in [4.69, 9.17) is 22.1 Å². The molecule has 0 aliphatic carbocycles. The van der Waals surface area contributed by atoms with Gasteiger partial charge in [0.15, 0.2) is 6.10 Å². The summed E-state index contributed by atoms with van der Waals surface area (Å²) in [6.45, 7) is 3.40. The smallest absolute Gasteiger partial charge is 0.258 e. The number of carbonyl (C=O) groups excluding carboxylic acids is 1. The molecule has 17 heavy (non-hydrogen) atoms. The van der Waals surface area contributed by atoms with Gasteiger partial charge in [-0.15, -0.1) is 0 Å². The van der Waals surface area contributed by atoms with Crippen LogP contribution < -0.4 is 10.5 Å². The summed E-state index contributed by atoms with van der Waals surface area (Å²) in [4.78, 5) is 11.1. The molecule has 1 unspecified atom stereocenters. The molecule has 1 aromatic rings. The lowest BCUT2D eigenvalue weighted by atomic mass is 10.1. The van der Waals surface area contributed by atoms with Gasteiger partial charge in [0, 0.05) is 10.6 Å². The van der Waals surface area contributed by atoms with E-state index in [9.17, 15) is 9.90 Å². The number of hydrogen-bond donors (Lipinski definition) is 2. The van der Waals surface area contributed by atoms with Crippen molar-refractivity contribution in [1.29, 1.82) is 0 Å². The first-order chi connectivity index (χ1) is 7.95. The minimum Gasteiger partial charge on any atom is -0.480 e. The fourth-order valence-corrected chi connectivity index (χ4v) is 1.63. The first-order valence-corrected chi connectivity index (χ1v) is 5.77. The van der Waals surface area contributed by atoms with Crippen molar-refractivity contribution in [3.8, 4) is 5.75 Å². The number of aliphatic hydroxyl groups is 1. The maximum absolute atomic E-state index is 11.1. The van der Waals surface area contributed by atoms with E-state index in [1.807, 2.05) is 0 Å². The number of nitrogens with two attached hydrogens (primary N) is 1. The Labute approximate surface area is 105 Å². The van der Waals surface area contributed by atoms with Gasteiger partial charge in [-0.2, -0.15) is 0 Å². The van der Waals surface area contributed by atoms with E-state index in [0.29, 0.717) is 22.8 Å². The van der Waals surface area contributed by atoms with Crippen molar-refractivity contribution in [1.82, 2.24) is 0 Å². The molecule has 1 amide bonds. The number of amides is 1. The first kappa shape index (κ1) is 13.8. The number of rotatable bonds is 5. The van der Waals surface area contributed by atoms with Crippen LogP contribution in [-0.2, 0) is 4.79 Å². The highest BCUT2D eigenvalue weighted by atomic mass is 35.5. The predicted molar refractivity (Wildman–Crippen MR) is 66.0 cm³/mol. The zero-order chi connectivity index (χ0) is 13.0. The van der Waals surface area contributed by atoms with Gasteiger partial charge in [0.2, 0.25) is 0 Å². The predicted octanol–water partition coefficient (Wildman–Crippen LogP) is 2.04. The Morgan fingerprint density at radius 2 is 2.24 bits per heavy atom. The molecule has 94 valence electrons. The summed E-state index contributed by atoms with van der Waals surface area (Å²) in [5.74, 6) is -0.103. The maximum Gasteiger partial charge on any atom is 0.258 e. The van der Waals surface area contributed by atoms with Gasteiger partial charge in [0.1, 0.15) is 5.75 Å². The Bertz CT molecular complexity index is 407. The second kappa shape index (κ2) is 5.89. The summed E-state index contributed by atoms with van der Waals surface area (Å²) >= 11 is 5.84. The number of halogens is 1. The molecule has 0 bridgehead atoms. The SMILES string of the molecule is CCC(Oc1ccc(Cl)cc1[C@H](C)O)C(N)=O. The average molecular weight is 258 g/mol. The van der Waals surface area contributed by atoms with Crippen LogP contribution in [0.5, 0.6) is 5.75 Å². The molecule has 0 spiro atoms. The van der Waals surface area contributed by atoms with E-state index < -0.39 is 18.1 Å². The Morgan fingerprint density at radius 3 is 2.71 bits per heavy atom. The van der Waals surface area contributed by atoms with Crippen molar-refractivity contribution in [2.75, 3.05) is 0 Å². The van der Waals surface area contributed by atoms with Crippen LogP contribution in [0.4, 0.5) is 0 Å². The largest absolute Gasteiger partial charge is 0.480 e. The van der Waals surface area contributed by atoms with Gasteiger partial charge < -0.3 is 15.6 Å². The van der Waals surface area contributed by atoms with Crippen LogP contribution in [0.3, 0.4) is 0 Å². The normalized spacial score (nSPS) is 14.1. The summed E-state index contributed by atoms with van der Waals surface area (Å²) in [5, 5.41) is 10.1. The Morgan fingerprint density at radius 1 is 1.59 bits per heavy atom. The Balaban J connectivity index is 3.01. The molecule has 0 heterocycles. The summed E-state index contributed by atoms with van der Waals surface area (Å²) in [6, 6.07) is 4.86. The summed E-state index contributed by atoms with van der Waals surface area (Å²) in [6.07, 6.45) is -0.959. The van der Waals surface area contributed by atoms with E-state index in [2.05, 4.69) is 0 Å². The first-order valence-electron chi connectivity index (χ1n) is 5.39. The van der Waals surface area contributed by atoms with Crippen molar-refractivity contribution in [2.24, 2.45) is 5.73 Å². The summed E-state index contributed by atoms with van der Waals surface area (Å²) in [5.41, 5.74) is 5.74. The average Bonchev–Trinajstić information content (AvgIpc) is 2.26. The highest BCUT2D eigenvalue weighted by molar-refractivity contribution is 6.30. The van der Waals surface area contributed by atoms with Gasteiger partial charge in [-0.25, -0.2) is 0 Å². The van der Waals surface area contributed by atoms with E-state index in [0.717, 1.165) is 0 Å². The van der Waals surface area contributed by atoms with E-state index >= 15 is 0 Å². The highest BCUT2D eigenvalue weighted by Gasteiger charge is 2.18. The monoisotopic (exact) mass is 257 g/mol. The Kier molecular flexibility index (Phi) is 4.78. The molecule has 0 fully saturated rings. The van der Waals surface area contributed by atoms with Crippen molar-refractivity contribution in [2.45, 2.75) is 32.5 Å². The van der Waals surface area contributed by atoms with Crippen LogP contribution in [0.25, 0.3) is 0 Å². The zero-order valence-corrected chi connectivity index (χ0v) is 10.6. The molecule has 3 N–H and O–H groups in total. The molecule has 0 radical (unpaired) electrons. The molecular weight excluding hydrogens is 242 g/mol. The van der Waals surface area contributed by atoms with Gasteiger partial charge in [-0.05, 0) is 31.5 Å². The van der Waals surface area contributed by atoms with Crippen LogP contribution in [0, 0.1) is 0 Å². The quantitative estimate of drug-likeness (QED) is 0.848. The van der Waals surface area contributed by atoms with Gasteiger partial charge in [-0.1, -0.05) is 18.5 Å². The van der Waals surface area contributed by atoms with Gasteiger partial charge in [-0.3, -0.25) is 4.79 Å². The lowest BCUT2D eigenvalue weighted by Gasteiger charge is -2.18. The second-order valence-corrected chi connectivity index (χ2v) is 4.21. The van der Waals surface area contributed by atoms with Crippen molar-refractivity contribution in [3.05, 3.63) is 28.8 Å². The number of hydrogen-bond acceptors (Lipinski definition) is 3. The molecule has 0 aromatic heterocycles.